The van der Waals surface area contributed by atoms with E-state index in [4.69, 9.17) is 9.47 Å². The molecule has 0 fully saturated rings. The van der Waals surface area contributed by atoms with E-state index in [1.54, 1.807) is 35.6 Å². The van der Waals surface area contributed by atoms with Crippen molar-refractivity contribution in [1.29, 1.82) is 0 Å². The van der Waals surface area contributed by atoms with E-state index in [0.29, 0.717) is 49.8 Å². The molecule has 3 aromatic rings. The molecular weight excluding hydrogens is 482 g/mol. The maximum Gasteiger partial charge on any atom is 0.290 e. The second-order valence-electron chi connectivity index (χ2n) is 8.91. The smallest absolute Gasteiger partial charge is 0.290 e. The lowest BCUT2D eigenvalue weighted by Gasteiger charge is -2.27. The molecule has 0 spiro atoms. The zero-order valence-corrected chi connectivity index (χ0v) is 21.7. The standard InChI is InChI=1S/C30H33N3O5/c1-3-19-38-25-14-12-23(20-26(25)37-4-2)28-27(24(34)13-11-22-9-6-5-7-10-22)29(35)30(36)33(28)17-8-16-32-18-15-31-21-32/h5-7,9-15,18,20-21,28,35H,3-4,8,16-17,19H2,1-2H3/b13-11+. The lowest BCUT2D eigenvalue weighted by atomic mass is 9.95. The van der Waals surface area contributed by atoms with E-state index in [1.807, 2.05) is 61.0 Å². The van der Waals surface area contributed by atoms with Crippen molar-refractivity contribution < 1.29 is 24.2 Å². The van der Waals surface area contributed by atoms with Crippen LogP contribution in [0, 0.1) is 0 Å². The predicted molar refractivity (Wildman–Crippen MR) is 145 cm³/mol. The first-order valence-corrected chi connectivity index (χ1v) is 12.9. The molecule has 8 nitrogen and oxygen atoms in total. The summed E-state index contributed by atoms with van der Waals surface area (Å²) in [7, 11) is 0. The second-order valence-corrected chi connectivity index (χ2v) is 8.91. The quantitative estimate of drug-likeness (QED) is 0.317. The highest BCUT2D eigenvalue weighted by Gasteiger charge is 2.42. The van der Waals surface area contributed by atoms with Crippen LogP contribution in [0.4, 0.5) is 0 Å². The number of carbonyl (C=O) groups is 2. The van der Waals surface area contributed by atoms with Crippen LogP contribution >= 0.6 is 0 Å². The molecular formula is C30H33N3O5. The van der Waals surface area contributed by atoms with Gasteiger partial charge in [0, 0.05) is 25.5 Å². The molecule has 1 aliphatic rings. The number of carbonyl (C=O) groups excluding carboxylic acids is 2. The van der Waals surface area contributed by atoms with E-state index >= 15 is 0 Å². The summed E-state index contributed by atoms with van der Waals surface area (Å²) in [6.45, 7) is 5.85. The van der Waals surface area contributed by atoms with Crippen LogP contribution in [0.15, 0.2) is 84.7 Å². The number of allylic oxidation sites excluding steroid dienone is 1. The van der Waals surface area contributed by atoms with Gasteiger partial charge in [-0.1, -0.05) is 49.4 Å². The second kappa shape index (κ2) is 12.8. The van der Waals surface area contributed by atoms with Gasteiger partial charge in [-0.3, -0.25) is 9.59 Å². The van der Waals surface area contributed by atoms with Crippen LogP contribution in [0.3, 0.4) is 0 Å². The topological polar surface area (TPSA) is 93.9 Å². The Morgan fingerprint density at radius 1 is 1.08 bits per heavy atom. The molecule has 1 unspecified atom stereocenters. The molecule has 1 atom stereocenters. The summed E-state index contributed by atoms with van der Waals surface area (Å²) in [6.07, 6.45) is 9.81. The van der Waals surface area contributed by atoms with Crippen LogP contribution in [0.25, 0.3) is 6.08 Å². The molecule has 1 N–H and O–H groups in total. The number of aliphatic hydroxyl groups excluding tert-OH is 1. The molecule has 0 saturated carbocycles. The number of benzene rings is 2. The Hall–Kier alpha value is -4.33. The number of rotatable bonds is 13. The maximum absolute atomic E-state index is 13.4. The normalized spacial score (nSPS) is 15.5. The van der Waals surface area contributed by atoms with E-state index < -0.39 is 23.5 Å². The predicted octanol–water partition coefficient (Wildman–Crippen LogP) is 5.14. The molecule has 2 heterocycles. The summed E-state index contributed by atoms with van der Waals surface area (Å²) in [4.78, 5) is 32.3. The number of hydrogen-bond acceptors (Lipinski definition) is 6. The molecule has 0 radical (unpaired) electrons. The lowest BCUT2D eigenvalue weighted by Crippen LogP contribution is -2.32. The van der Waals surface area contributed by atoms with E-state index in [0.717, 1.165) is 12.0 Å². The Balaban J connectivity index is 1.68. The van der Waals surface area contributed by atoms with Gasteiger partial charge in [-0.05, 0) is 49.1 Å². The largest absolute Gasteiger partial charge is 0.503 e. The number of aryl methyl sites for hydroxylation is 1. The molecule has 2 aromatic carbocycles. The molecule has 0 saturated heterocycles. The number of hydrogen-bond donors (Lipinski definition) is 1. The zero-order chi connectivity index (χ0) is 26.9. The first-order chi connectivity index (χ1) is 18.5. The van der Waals surface area contributed by atoms with Crippen LogP contribution < -0.4 is 9.47 Å². The third-order valence-electron chi connectivity index (χ3n) is 6.22. The van der Waals surface area contributed by atoms with Crippen molar-refractivity contribution in [3.8, 4) is 11.5 Å². The number of aromatic nitrogens is 2. The van der Waals surface area contributed by atoms with Crippen molar-refractivity contribution in [2.45, 2.75) is 39.3 Å². The van der Waals surface area contributed by atoms with Gasteiger partial charge in [-0.25, -0.2) is 4.98 Å². The third-order valence-corrected chi connectivity index (χ3v) is 6.22. The minimum absolute atomic E-state index is 0.0505. The van der Waals surface area contributed by atoms with Crippen molar-refractivity contribution in [1.82, 2.24) is 14.5 Å². The Kier molecular flexibility index (Phi) is 8.98. The van der Waals surface area contributed by atoms with Gasteiger partial charge in [0.15, 0.2) is 23.0 Å². The van der Waals surface area contributed by atoms with Crippen LogP contribution in [-0.4, -0.2) is 51.0 Å². The molecule has 38 heavy (non-hydrogen) atoms. The first kappa shape index (κ1) is 26.7. The number of nitrogens with zero attached hydrogens (tertiary/aromatic N) is 3. The highest BCUT2D eigenvalue weighted by atomic mass is 16.5. The Morgan fingerprint density at radius 2 is 1.89 bits per heavy atom. The van der Waals surface area contributed by atoms with Crippen molar-refractivity contribution in [2.75, 3.05) is 19.8 Å². The van der Waals surface area contributed by atoms with Gasteiger partial charge in [0.1, 0.15) is 0 Å². The molecule has 1 aromatic heterocycles. The van der Waals surface area contributed by atoms with Crippen LogP contribution in [0.2, 0.25) is 0 Å². The van der Waals surface area contributed by atoms with Gasteiger partial charge in [-0.2, -0.15) is 0 Å². The molecule has 4 rings (SSSR count). The van der Waals surface area contributed by atoms with Crippen LogP contribution in [0.5, 0.6) is 11.5 Å². The lowest BCUT2D eigenvalue weighted by molar-refractivity contribution is -0.129. The highest BCUT2D eigenvalue weighted by molar-refractivity contribution is 6.14. The summed E-state index contributed by atoms with van der Waals surface area (Å²) in [5, 5.41) is 10.9. The van der Waals surface area contributed by atoms with E-state index in [-0.39, 0.29) is 5.57 Å². The highest BCUT2D eigenvalue weighted by Crippen LogP contribution is 2.41. The zero-order valence-electron chi connectivity index (χ0n) is 21.7. The summed E-state index contributed by atoms with van der Waals surface area (Å²) < 4.78 is 13.6. The van der Waals surface area contributed by atoms with Gasteiger partial charge in [0.2, 0.25) is 0 Å². The summed E-state index contributed by atoms with van der Waals surface area (Å²) in [6, 6.07) is 14.0. The Morgan fingerprint density at radius 3 is 2.61 bits per heavy atom. The third kappa shape index (κ3) is 6.14. The average molecular weight is 516 g/mol. The van der Waals surface area contributed by atoms with Crippen molar-refractivity contribution in [3.63, 3.8) is 0 Å². The fraction of sp³-hybridized carbons (Fsp3) is 0.300. The van der Waals surface area contributed by atoms with Gasteiger partial charge in [0.05, 0.1) is 31.2 Å². The van der Waals surface area contributed by atoms with Crippen LogP contribution in [-0.2, 0) is 16.1 Å². The average Bonchev–Trinajstić information content (AvgIpc) is 3.54. The number of ketones is 1. The maximum atomic E-state index is 13.4. The van der Waals surface area contributed by atoms with Gasteiger partial charge in [-0.15, -0.1) is 0 Å². The Bertz CT molecular complexity index is 1300. The molecule has 198 valence electrons. The van der Waals surface area contributed by atoms with Crippen LogP contribution in [0.1, 0.15) is 43.9 Å². The summed E-state index contributed by atoms with van der Waals surface area (Å²) in [5.74, 6) is -0.391. The minimum atomic E-state index is -0.766. The molecule has 1 aliphatic heterocycles. The first-order valence-electron chi connectivity index (χ1n) is 12.9. The minimum Gasteiger partial charge on any atom is -0.503 e. The SMILES string of the molecule is CCCOc1ccc(C2C(C(=O)/C=C/c3ccccc3)=C(O)C(=O)N2CCCn2ccnc2)cc1OCC. The number of ether oxygens (including phenoxy) is 2. The fourth-order valence-corrected chi connectivity index (χ4v) is 4.45. The van der Waals surface area contributed by atoms with E-state index in [2.05, 4.69) is 4.98 Å². The molecule has 0 bridgehead atoms. The monoisotopic (exact) mass is 515 g/mol. The van der Waals surface area contributed by atoms with Crippen molar-refractivity contribution in [3.05, 3.63) is 95.8 Å². The van der Waals surface area contributed by atoms with Gasteiger partial charge >= 0.3 is 0 Å². The number of imidazole rings is 1. The molecule has 1 amide bonds. The number of amides is 1. The Labute approximate surface area is 222 Å². The van der Waals surface area contributed by atoms with Gasteiger partial charge < -0.3 is 24.0 Å². The number of aliphatic hydroxyl groups is 1. The van der Waals surface area contributed by atoms with Gasteiger partial charge in [0.25, 0.3) is 5.91 Å². The van der Waals surface area contributed by atoms with Crippen molar-refractivity contribution >= 4 is 17.8 Å². The van der Waals surface area contributed by atoms with Crippen molar-refractivity contribution in [2.24, 2.45) is 0 Å². The fourth-order valence-electron chi connectivity index (χ4n) is 4.45. The summed E-state index contributed by atoms with van der Waals surface area (Å²) in [5.41, 5.74) is 1.55. The molecule has 0 aliphatic carbocycles. The van der Waals surface area contributed by atoms with E-state index in [1.165, 1.54) is 6.08 Å². The van der Waals surface area contributed by atoms with E-state index in [9.17, 15) is 14.7 Å². The molecule has 8 heteroatoms. The summed E-state index contributed by atoms with van der Waals surface area (Å²) >= 11 is 0.